The molecule has 4 aliphatic heterocycles. The molecule has 4 nitrogen and oxygen atoms in total. The Labute approximate surface area is 409 Å². The fourth-order valence-corrected chi connectivity index (χ4v) is 14.0. The summed E-state index contributed by atoms with van der Waals surface area (Å²) in [6.45, 7) is 19.3. The van der Waals surface area contributed by atoms with Gasteiger partial charge in [0.2, 0.25) is 0 Å². The zero-order valence-electron chi connectivity index (χ0n) is 41.1. The molecule has 15 rings (SSSR count). The molecule has 0 saturated carbocycles. The van der Waals surface area contributed by atoms with Crippen LogP contribution in [0.5, 0.6) is 0 Å². The molecule has 9 aromatic carbocycles. The van der Waals surface area contributed by atoms with Crippen LogP contribution in [0.1, 0.15) is 99.9 Å². The summed E-state index contributed by atoms with van der Waals surface area (Å²) >= 11 is 0. The summed E-state index contributed by atoms with van der Waals surface area (Å²) in [5, 5.41) is 5.02. The average Bonchev–Trinajstić information content (AvgIpc) is 3.85. The standard InChI is InChI=1S/C66H54N4/c1-63(2)45-25-15-17-31-53(45)69-59-37-57-41(33-51(59)65(5,6)49-29-19-27-47(63)61(49)69)43-35-56-44(36-55(43)67(57)39-21-11-9-12-22-39)42-34-52-60(38-58(42)68(56)40-23-13-10-14-24-40)70-54-32-18-16-26-46(54)64(3,4)48-28-20-30-50(62(48)70)66(52,7)8/h9-38H,1-8H3. The van der Waals surface area contributed by atoms with Crippen molar-refractivity contribution in [3.8, 4) is 11.4 Å². The second-order valence-electron chi connectivity index (χ2n) is 22.6. The van der Waals surface area contributed by atoms with Crippen LogP contribution < -0.4 is 9.80 Å². The number of nitrogens with zero attached hydrogens (tertiary/aromatic N) is 4. The molecule has 11 aromatic rings. The Morgan fingerprint density at radius 3 is 0.943 bits per heavy atom. The first-order chi connectivity index (χ1) is 33.8. The van der Waals surface area contributed by atoms with Crippen molar-refractivity contribution in [1.82, 2.24) is 9.13 Å². The van der Waals surface area contributed by atoms with Crippen LogP contribution in [0, 0.1) is 0 Å². The van der Waals surface area contributed by atoms with Crippen molar-refractivity contribution in [2.75, 3.05) is 9.80 Å². The number of para-hydroxylation sites is 6. The lowest BCUT2D eigenvalue weighted by Crippen LogP contribution is -2.38. The molecule has 0 saturated heterocycles. The fraction of sp³-hybridized carbons (Fsp3) is 0.182. The van der Waals surface area contributed by atoms with Gasteiger partial charge in [-0.25, -0.2) is 0 Å². The number of anilines is 6. The van der Waals surface area contributed by atoms with Crippen LogP contribution in [0.4, 0.5) is 34.1 Å². The Hall–Kier alpha value is -7.82. The minimum absolute atomic E-state index is 0.146. The van der Waals surface area contributed by atoms with Crippen molar-refractivity contribution in [2.45, 2.75) is 77.0 Å². The maximum atomic E-state index is 2.60. The maximum absolute atomic E-state index is 2.60. The van der Waals surface area contributed by atoms with E-state index in [1.807, 2.05) is 0 Å². The zero-order chi connectivity index (χ0) is 47.4. The first-order valence-corrected chi connectivity index (χ1v) is 25.1. The molecular formula is C66H54N4. The molecule has 0 amide bonds. The van der Waals surface area contributed by atoms with Crippen LogP contribution >= 0.6 is 0 Å². The third-order valence-corrected chi connectivity index (χ3v) is 17.6. The van der Waals surface area contributed by atoms with Gasteiger partial charge in [0.1, 0.15) is 0 Å². The lowest BCUT2D eigenvalue weighted by Gasteiger charge is -2.49. The lowest BCUT2D eigenvalue weighted by molar-refractivity contribution is 0.597. The van der Waals surface area contributed by atoms with Crippen LogP contribution in [0.25, 0.3) is 55.0 Å². The molecule has 70 heavy (non-hydrogen) atoms. The summed E-state index contributed by atoms with van der Waals surface area (Å²) in [6.07, 6.45) is 0. The number of benzene rings is 9. The first kappa shape index (κ1) is 40.1. The second kappa shape index (κ2) is 13.1. The predicted molar refractivity (Wildman–Crippen MR) is 293 cm³/mol. The zero-order valence-corrected chi connectivity index (χ0v) is 41.1. The largest absolute Gasteiger partial charge is 0.309 e. The summed E-state index contributed by atoms with van der Waals surface area (Å²) in [7, 11) is 0. The van der Waals surface area contributed by atoms with E-state index in [4.69, 9.17) is 0 Å². The quantitative estimate of drug-likeness (QED) is 0.172. The lowest BCUT2D eigenvalue weighted by atomic mass is 9.66. The molecule has 2 aromatic heterocycles. The van der Waals surface area contributed by atoms with E-state index in [-0.39, 0.29) is 21.7 Å². The van der Waals surface area contributed by atoms with E-state index in [0.29, 0.717) is 0 Å². The Morgan fingerprint density at radius 1 is 0.257 bits per heavy atom. The van der Waals surface area contributed by atoms with Crippen LogP contribution in [0.15, 0.2) is 182 Å². The van der Waals surface area contributed by atoms with Crippen LogP contribution in [0.3, 0.4) is 0 Å². The highest BCUT2D eigenvalue weighted by Crippen LogP contribution is 2.63. The van der Waals surface area contributed by atoms with Gasteiger partial charge in [0, 0.05) is 54.6 Å². The van der Waals surface area contributed by atoms with Gasteiger partial charge in [-0.15, -0.1) is 0 Å². The fourth-order valence-electron chi connectivity index (χ4n) is 14.0. The second-order valence-corrected chi connectivity index (χ2v) is 22.6. The van der Waals surface area contributed by atoms with E-state index >= 15 is 0 Å². The Kier molecular flexibility index (Phi) is 7.49. The summed E-state index contributed by atoms with van der Waals surface area (Å²) in [6, 6.07) is 69.4. The molecule has 0 N–H and O–H groups in total. The summed E-state index contributed by atoms with van der Waals surface area (Å²) in [5.41, 5.74) is 24.9. The third-order valence-electron chi connectivity index (χ3n) is 17.6. The average molecular weight is 903 g/mol. The highest BCUT2D eigenvalue weighted by atomic mass is 15.2. The molecule has 0 radical (unpaired) electrons. The monoisotopic (exact) mass is 902 g/mol. The number of hydrogen-bond donors (Lipinski definition) is 0. The predicted octanol–water partition coefficient (Wildman–Crippen LogP) is 17.4. The molecule has 0 bridgehead atoms. The normalized spacial score (nSPS) is 17.0. The number of fused-ring (bicyclic) bond motifs is 14. The van der Waals surface area contributed by atoms with Crippen molar-refractivity contribution in [1.29, 1.82) is 0 Å². The topological polar surface area (TPSA) is 16.3 Å². The van der Waals surface area contributed by atoms with Crippen LogP contribution in [-0.2, 0) is 21.7 Å². The molecule has 0 spiro atoms. The van der Waals surface area contributed by atoms with Gasteiger partial charge < -0.3 is 18.9 Å². The number of rotatable bonds is 2. The molecule has 338 valence electrons. The summed E-state index contributed by atoms with van der Waals surface area (Å²) in [4.78, 5) is 5.19. The molecule has 6 heterocycles. The number of aromatic nitrogens is 2. The highest BCUT2D eigenvalue weighted by molar-refractivity contribution is 6.20. The van der Waals surface area contributed by atoms with Gasteiger partial charge in [-0.2, -0.15) is 0 Å². The van der Waals surface area contributed by atoms with Crippen molar-refractivity contribution in [3.63, 3.8) is 0 Å². The summed E-state index contributed by atoms with van der Waals surface area (Å²) < 4.78 is 5.08. The molecular weight excluding hydrogens is 849 g/mol. The van der Waals surface area contributed by atoms with Crippen LogP contribution in [0.2, 0.25) is 0 Å². The third kappa shape index (κ3) is 4.77. The first-order valence-electron chi connectivity index (χ1n) is 25.1. The molecule has 4 heteroatoms. The van der Waals surface area contributed by atoms with Gasteiger partial charge in [-0.3, -0.25) is 0 Å². The van der Waals surface area contributed by atoms with Crippen molar-refractivity contribution in [3.05, 3.63) is 226 Å². The van der Waals surface area contributed by atoms with Crippen LogP contribution in [-0.4, -0.2) is 9.13 Å². The maximum Gasteiger partial charge on any atom is 0.0562 e. The molecule has 0 unspecified atom stereocenters. The van der Waals surface area contributed by atoms with E-state index in [9.17, 15) is 0 Å². The molecule has 0 atom stereocenters. The SMILES string of the molecule is CC1(C)c2ccccc2N2c3cc4c(cc3C(C)(C)c3cccc1c32)c1cc2c(cc1n4-c1ccccc1)c1cc3c(cc1n2-c1ccccc1)N1c2ccccc2C(C)(C)c2cccc(c21)C3(C)C. The smallest absolute Gasteiger partial charge is 0.0562 e. The van der Waals surface area contributed by atoms with Gasteiger partial charge in [-0.05, 0) is 117 Å². The van der Waals surface area contributed by atoms with E-state index < -0.39 is 0 Å². The molecule has 0 aliphatic carbocycles. The Bertz CT molecular complexity index is 3850. The Balaban J connectivity index is 1.07. The number of hydrogen-bond acceptors (Lipinski definition) is 2. The minimum Gasteiger partial charge on any atom is -0.309 e. The van der Waals surface area contributed by atoms with Gasteiger partial charge >= 0.3 is 0 Å². The highest BCUT2D eigenvalue weighted by Gasteiger charge is 2.47. The van der Waals surface area contributed by atoms with Gasteiger partial charge in [0.25, 0.3) is 0 Å². The summed E-state index contributed by atoms with van der Waals surface area (Å²) in [5.74, 6) is 0. The van der Waals surface area contributed by atoms with E-state index in [0.717, 1.165) is 11.4 Å². The van der Waals surface area contributed by atoms with Crippen molar-refractivity contribution >= 4 is 77.7 Å². The van der Waals surface area contributed by atoms with E-state index in [1.165, 1.54) is 122 Å². The van der Waals surface area contributed by atoms with E-state index in [2.05, 4.69) is 256 Å². The van der Waals surface area contributed by atoms with Gasteiger partial charge in [0.15, 0.2) is 0 Å². The van der Waals surface area contributed by atoms with E-state index in [1.54, 1.807) is 0 Å². The minimum atomic E-state index is -0.260. The Morgan fingerprint density at radius 2 is 0.557 bits per heavy atom. The van der Waals surface area contributed by atoms with Gasteiger partial charge in [0.05, 0.1) is 56.2 Å². The molecule has 4 aliphatic rings. The molecule has 0 fully saturated rings. The van der Waals surface area contributed by atoms with Crippen molar-refractivity contribution < 1.29 is 0 Å². The van der Waals surface area contributed by atoms with Crippen molar-refractivity contribution in [2.24, 2.45) is 0 Å². The van der Waals surface area contributed by atoms with Gasteiger partial charge in [-0.1, -0.05) is 165 Å².